The van der Waals surface area contributed by atoms with Crippen LogP contribution in [0.1, 0.15) is 46.2 Å². The molecular weight excluding hydrogens is 308 g/mol. The van der Waals surface area contributed by atoms with Crippen molar-refractivity contribution < 1.29 is 19.5 Å². The Labute approximate surface area is 142 Å². The minimum Gasteiger partial charge on any atom is -0.481 e. The summed E-state index contributed by atoms with van der Waals surface area (Å²) >= 11 is 0. The van der Waals surface area contributed by atoms with Gasteiger partial charge in [-0.2, -0.15) is 0 Å². The van der Waals surface area contributed by atoms with Crippen LogP contribution in [0, 0.1) is 11.3 Å². The van der Waals surface area contributed by atoms with Gasteiger partial charge in [0.1, 0.15) is 6.04 Å². The molecule has 3 N–H and O–H groups in total. The largest absolute Gasteiger partial charge is 0.481 e. The number of hydrogen-bond donors (Lipinski definition) is 3. The van der Waals surface area contributed by atoms with Crippen molar-refractivity contribution in [2.45, 2.75) is 46.7 Å². The van der Waals surface area contributed by atoms with E-state index in [4.69, 9.17) is 0 Å². The lowest BCUT2D eigenvalue weighted by molar-refractivity contribution is -0.142. The highest BCUT2D eigenvalue weighted by Crippen LogP contribution is 2.22. The summed E-state index contributed by atoms with van der Waals surface area (Å²) in [5.74, 6) is -2.47. The van der Waals surface area contributed by atoms with Crippen LogP contribution in [0.3, 0.4) is 0 Å². The van der Waals surface area contributed by atoms with Crippen LogP contribution in [0.5, 0.6) is 0 Å². The van der Waals surface area contributed by atoms with E-state index in [0.29, 0.717) is 5.56 Å². The van der Waals surface area contributed by atoms with Crippen molar-refractivity contribution in [3.8, 4) is 0 Å². The van der Waals surface area contributed by atoms with Gasteiger partial charge in [-0.1, -0.05) is 51.1 Å². The second-order valence-corrected chi connectivity index (χ2v) is 6.97. The molecule has 0 heterocycles. The lowest BCUT2D eigenvalue weighted by atomic mass is 9.93. The Kier molecular flexibility index (Phi) is 6.51. The average Bonchev–Trinajstić information content (AvgIpc) is 2.51. The van der Waals surface area contributed by atoms with E-state index in [0.717, 1.165) is 0 Å². The van der Waals surface area contributed by atoms with Crippen molar-refractivity contribution in [1.82, 2.24) is 10.6 Å². The fraction of sp³-hybridized carbons (Fsp3) is 0.500. The van der Waals surface area contributed by atoms with Crippen LogP contribution >= 0.6 is 0 Å². The molecule has 0 bridgehead atoms. The summed E-state index contributed by atoms with van der Waals surface area (Å²) in [6, 6.07) is 7.49. The van der Waals surface area contributed by atoms with E-state index in [9.17, 15) is 19.5 Å². The quantitative estimate of drug-likeness (QED) is 0.742. The van der Waals surface area contributed by atoms with Crippen LogP contribution in [0.15, 0.2) is 30.3 Å². The lowest BCUT2D eigenvalue weighted by Crippen LogP contribution is -2.50. The van der Waals surface area contributed by atoms with Gasteiger partial charge in [0.05, 0.1) is 12.0 Å². The molecule has 0 aliphatic rings. The molecule has 0 saturated carbocycles. The van der Waals surface area contributed by atoms with E-state index in [2.05, 4.69) is 10.6 Å². The number of carbonyl (C=O) groups is 3. The molecule has 0 saturated heterocycles. The first-order chi connectivity index (χ1) is 11.0. The molecule has 1 aromatic rings. The van der Waals surface area contributed by atoms with Gasteiger partial charge in [-0.25, -0.2) is 0 Å². The SMILES string of the molecule is C[C@H](NC(=O)C(C)(C)C)C(=O)N[C@H](c1ccccc1)[C@@H](C)C(=O)O. The minimum atomic E-state index is -1.00. The molecule has 6 nitrogen and oxygen atoms in total. The van der Waals surface area contributed by atoms with Crippen LogP contribution in [0.2, 0.25) is 0 Å². The molecule has 1 rings (SSSR count). The second-order valence-electron chi connectivity index (χ2n) is 6.97. The van der Waals surface area contributed by atoms with Gasteiger partial charge in [0, 0.05) is 5.41 Å². The highest BCUT2D eigenvalue weighted by atomic mass is 16.4. The standard InChI is InChI=1S/C18H26N2O4/c1-11(16(22)23)14(13-9-7-6-8-10-13)20-15(21)12(2)19-17(24)18(3,4)5/h6-12,14H,1-5H3,(H,19,24)(H,20,21)(H,22,23)/t11-,12+,14+/m1/s1. The smallest absolute Gasteiger partial charge is 0.308 e. The first-order valence-corrected chi connectivity index (χ1v) is 7.93. The summed E-state index contributed by atoms with van der Waals surface area (Å²) < 4.78 is 0. The predicted molar refractivity (Wildman–Crippen MR) is 91.2 cm³/mol. The van der Waals surface area contributed by atoms with Crippen LogP contribution < -0.4 is 10.6 Å². The summed E-state index contributed by atoms with van der Waals surface area (Å²) in [6.45, 7) is 8.38. The molecule has 2 amide bonds. The molecule has 0 aromatic heterocycles. The summed E-state index contributed by atoms with van der Waals surface area (Å²) in [5.41, 5.74) is 0.0944. The third kappa shape index (κ3) is 5.37. The number of carbonyl (C=O) groups excluding carboxylic acids is 2. The van der Waals surface area contributed by atoms with Gasteiger partial charge in [-0.15, -0.1) is 0 Å². The van der Waals surface area contributed by atoms with Crippen molar-refractivity contribution in [3.63, 3.8) is 0 Å². The third-order valence-electron chi connectivity index (χ3n) is 3.77. The van der Waals surface area contributed by atoms with Gasteiger partial charge in [0.2, 0.25) is 11.8 Å². The molecule has 0 radical (unpaired) electrons. The Morgan fingerprint density at radius 1 is 1.00 bits per heavy atom. The molecule has 3 atom stereocenters. The van der Waals surface area contributed by atoms with Gasteiger partial charge in [0.25, 0.3) is 0 Å². The van der Waals surface area contributed by atoms with Gasteiger partial charge >= 0.3 is 5.97 Å². The lowest BCUT2D eigenvalue weighted by Gasteiger charge is -2.26. The van der Waals surface area contributed by atoms with E-state index in [1.807, 2.05) is 6.07 Å². The Morgan fingerprint density at radius 2 is 1.54 bits per heavy atom. The molecule has 1 aromatic carbocycles. The number of carboxylic acid groups (broad SMARTS) is 1. The highest BCUT2D eigenvalue weighted by molar-refractivity contribution is 5.89. The van der Waals surface area contributed by atoms with Crippen molar-refractivity contribution in [3.05, 3.63) is 35.9 Å². The fourth-order valence-corrected chi connectivity index (χ4v) is 2.06. The van der Waals surface area contributed by atoms with Crippen molar-refractivity contribution in [1.29, 1.82) is 0 Å². The van der Waals surface area contributed by atoms with Crippen LogP contribution in [-0.4, -0.2) is 28.9 Å². The van der Waals surface area contributed by atoms with E-state index in [-0.39, 0.29) is 5.91 Å². The highest BCUT2D eigenvalue weighted by Gasteiger charge is 2.30. The summed E-state index contributed by atoms with van der Waals surface area (Å²) in [6.07, 6.45) is 0. The molecule has 0 aliphatic carbocycles. The summed E-state index contributed by atoms with van der Waals surface area (Å²) in [5, 5.41) is 14.7. The molecule has 0 unspecified atom stereocenters. The van der Waals surface area contributed by atoms with Gasteiger partial charge in [0.15, 0.2) is 0 Å². The summed E-state index contributed by atoms with van der Waals surface area (Å²) in [7, 11) is 0. The topological polar surface area (TPSA) is 95.5 Å². The van der Waals surface area contributed by atoms with Crippen LogP contribution in [0.25, 0.3) is 0 Å². The van der Waals surface area contributed by atoms with E-state index >= 15 is 0 Å². The minimum absolute atomic E-state index is 0.243. The van der Waals surface area contributed by atoms with Gasteiger partial charge in [-0.3, -0.25) is 14.4 Å². The molecule has 6 heteroatoms. The first-order valence-electron chi connectivity index (χ1n) is 7.93. The number of nitrogens with one attached hydrogen (secondary N) is 2. The van der Waals surface area contributed by atoms with Crippen LogP contribution in [0.4, 0.5) is 0 Å². The zero-order chi connectivity index (χ0) is 18.5. The molecule has 132 valence electrons. The predicted octanol–water partition coefficient (Wildman–Crippen LogP) is 2.12. The Morgan fingerprint density at radius 3 is 2.00 bits per heavy atom. The zero-order valence-corrected chi connectivity index (χ0v) is 14.8. The maximum absolute atomic E-state index is 12.4. The summed E-state index contributed by atoms with van der Waals surface area (Å²) in [4.78, 5) is 35.7. The number of carboxylic acids is 1. The second kappa shape index (κ2) is 7.95. The zero-order valence-electron chi connectivity index (χ0n) is 14.8. The van der Waals surface area contributed by atoms with Crippen molar-refractivity contribution >= 4 is 17.8 Å². The van der Waals surface area contributed by atoms with E-state index in [1.54, 1.807) is 58.9 Å². The number of hydrogen-bond acceptors (Lipinski definition) is 3. The van der Waals surface area contributed by atoms with E-state index < -0.39 is 35.3 Å². The van der Waals surface area contributed by atoms with Crippen LogP contribution in [-0.2, 0) is 14.4 Å². The van der Waals surface area contributed by atoms with E-state index in [1.165, 1.54) is 0 Å². The Balaban J connectivity index is 2.88. The number of aliphatic carboxylic acids is 1. The maximum Gasteiger partial charge on any atom is 0.308 e. The maximum atomic E-state index is 12.4. The molecule has 0 spiro atoms. The van der Waals surface area contributed by atoms with Crippen molar-refractivity contribution in [2.24, 2.45) is 11.3 Å². The number of amides is 2. The molecular formula is C18H26N2O4. The third-order valence-corrected chi connectivity index (χ3v) is 3.77. The molecule has 0 fully saturated rings. The molecule has 24 heavy (non-hydrogen) atoms. The number of rotatable bonds is 6. The normalized spacial score (nSPS) is 15.0. The Hall–Kier alpha value is -2.37. The van der Waals surface area contributed by atoms with Gasteiger partial charge < -0.3 is 15.7 Å². The first kappa shape index (κ1) is 19.7. The average molecular weight is 334 g/mol. The fourth-order valence-electron chi connectivity index (χ4n) is 2.06. The number of benzene rings is 1. The van der Waals surface area contributed by atoms with Crippen molar-refractivity contribution in [2.75, 3.05) is 0 Å². The molecule has 0 aliphatic heterocycles. The Bertz CT molecular complexity index is 593. The van der Waals surface area contributed by atoms with Gasteiger partial charge in [-0.05, 0) is 19.4 Å². The monoisotopic (exact) mass is 334 g/mol.